The Morgan fingerprint density at radius 1 is 1.13 bits per heavy atom. The van der Waals surface area contributed by atoms with E-state index in [1.807, 2.05) is 6.07 Å². The first-order valence-corrected chi connectivity index (χ1v) is 5.36. The number of rotatable bonds is 1. The van der Waals surface area contributed by atoms with Crippen LogP contribution in [0.4, 0.5) is 0 Å². The van der Waals surface area contributed by atoms with E-state index >= 15 is 0 Å². The van der Waals surface area contributed by atoms with Crippen molar-refractivity contribution in [2.75, 3.05) is 0 Å². The van der Waals surface area contributed by atoms with Gasteiger partial charge in [-0.3, -0.25) is 0 Å². The molecule has 76 valence electrons. The zero-order valence-corrected chi connectivity index (χ0v) is 9.59. The molecule has 0 aliphatic rings. The number of benzene rings is 1. The Bertz CT molecular complexity index is 455. The minimum atomic E-state index is 0.327. The zero-order chi connectivity index (χ0) is 10.9. The number of hydrogen-bond acceptors (Lipinski definition) is 0. The molecule has 2 rings (SSSR count). The van der Waals surface area contributed by atoms with Gasteiger partial charge in [0.25, 0.3) is 0 Å². The van der Waals surface area contributed by atoms with Gasteiger partial charge < -0.3 is 0 Å². The van der Waals surface area contributed by atoms with Crippen LogP contribution >= 0.6 is 0 Å². The van der Waals surface area contributed by atoms with Crippen molar-refractivity contribution in [1.82, 2.24) is 0 Å². The van der Waals surface area contributed by atoms with Crippen LogP contribution in [0.5, 0.6) is 0 Å². The van der Waals surface area contributed by atoms with Crippen LogP contribution in [0, 0.1) is 17.5 Å². The molecule has 0 saturated heterocycles. The highest BCUT2D eigenvalue weighted by atomic mass is 14.2. The highest BCUT2D eigenvalue weighted by Gasteiger charge is 2.12. The van der Waals surface area contributed by atoms with Crippen LogP contribution < -0.4 is 0 Å². The van der Waals surface area contributed by atoms with Gasteiger partial charge in [0.15, 0.2) is 0 Å². The van der Waals surface area contributed by atoms with E-state index in [1.165, 1.54) is 16.3 Å². The SMILES string of the molecule is CC(C)(C)Cc1cccc2c#cccc12. The second kappa shape index (κ2) is 3.59. The molecule has 0 bridgehead atoms. The van der Waals surface area contributed by atoms with E-state index in [-0.39, 0.29) is 0 Å². The molecule has 2 aromatic rings. The summed E-state index contributed by atoms with van der Waals surface area (Å²) in [5, 5.41) is 2.48. The predicted molar refractivity (Wildman–Crippen MR) is 64.8 cm³/mol. The molecule has 0 unspecified atom stereocenters. The molecule has 0 aromatic heterocycles. The van der Waals surface area contributed by atoms with E-state index in [0.717, 1.165) is 6.42 Å². The third kappa shape index (κ3) is 2.30. The van der Waals surface area contributed by atoms with Gasteiger partial charge in [-0.1, -0.05) is 45.0 Å². The minimum absolute atomic E-state index is 0.327. The summed E-state index contributed by atoms with van der Waals surface area (Å²) in [6, 6.07) is 16.6. The maximum atomic E-state index is 3.15. The smallest absolute Gasteiger partial charge is 0.0324 e. The Morgan fingerprint density at radius 2 is 1.93 bits per heavy atom. The molecule has 0 atom stereocenters. The zero-order valence-electron chi connectivity index (χ0n) is 9.59. The molecule has 0 radical (unpaired) electrons. The summed E-state index contributed by atoms with van der Waals surface area (Å²) in [5.74, 6) is 0. The largest absolute Gasteiger partial charge is 0.0696 e. The first kappa shape index (κ1) is 10.1. The lowest BCUT2D eigenvalue weighted by Crippen LogP contribution is -2.09. The van der Waals surface area contributed by atoms with Gasteiger partial charge in [0.05, 0.1) is 0 Å². The Morgan fingerprint density at radius 3 is 2.67 bits per heavy atom. The van der Waals surface area contributed by atoms with Crippen LogP contribution in [0.25, 0.3) is 10.8 Å². The Balaban J connectivity index is 2.52. The van der Waals surface area contributed by atoms with Crippen molar-refractivity contribution < 1.29 is 0 Å². The molecule has 0 N–H and O–H groups in total. The normalized spacial score (nSPS) is 11.4. The minimum Gasteiger partial charge on any atom is -0.0696 e. The average Bonchev–Trinajstić information content (AvgIpc) is 2.16. The molecule has 15 heavy (non-hydrogen) atoms. The Labute approximate surface area is 91.9 Å². The molecule has 0 aliphatic carbocycles. The Hall–Kier alpha value is -1.48. The lowest BCUT2D eigenvalue weighted by molar-refractivity contribution is 0.412. The third-order valence-electron chi connectivity index (χ3n) is 2.46. The van der Waals surface area contributed by atoms with E-state index in [2.05, 4.69) is 57.2 Å². The van der Waals surface area contributed by atoms with Crippen LogP contribution in [0.1, 0.15) is 26.3 Å². The first-order valence-electron chi connectivity index (χ1n) is 5.36. The van der Waals surface area contributed by atoms with Gasteiger partial charge in [-0.25, -0.2) is 0 Å². The van der Waals surface area contributed by atoms with Gasteiger partial charge in [-0.15, -0.1) is 0 Å². The fourth-order valence-electron chi connectivity index (χ4n) is 1.89. The fraction of sp³-hybridized carbons (Fsp3) is 0.333. The van der Waals surface area contributed by atoms with Gasteiger partial charge in [-0.05, 0) is 41.0 Å². The topological polar surface area (TPSA) is 0 Å². The van der Waals surface area contributed by atoms with Crippen molar-refractivity contribution in [3.63, 3.8) is 0 Å². The molecule has 0 aliphatic heterocycles. The van der Waals surface area contributed by atoms with Gasteiger partial charge in [0.1, 0.15) is 0 Å². The van der Waals surface area contributed by atoms with Crippen molar-refractivity contribution in [2.45, 2.75) is 27.2 Å². The summed E-state index contributed by atoms with van der Waals surface area (Å²) >= 11 is 0. The monoisotopic (exact) mass is 196 g/mol. The summed E-state index contributed by atoms with van der Waals surface area (Å²) in [5.41, 5.74) is 1.73. The highest BCUT2D eigenvalue weighted by molar-refractivity contribution is 5.84. The molecule has 0 heterocycles. The molecule has 0 amide bonds. The maximum absolute atomic E-state index is 3.15. The van der Waals surface area contributed by atoms with E-state index in [0.29, 0.717) is 5.41 Å². The molecule has 0 spiro atoms. The fourth-order valence-corrected chi connectivity index (χ4v) is 1.89. The lowest BCUT2D eigenvalue weighted by Gasteiger charge is -2.19. The molecular weight excluding hydrogens is 180 g/mol. The Kier molecular flexibility index (Phi) is 2.40. The van der Waals surface area contributed by atoms with Crippen molar-refractivity contribution in [1.29, 1.82) is 0 Å². The predicted octanol–water partition coefficient (Wildman–Crippen LogP) is 4.03. The van der Waals surface area contributed by atoms with E-state index in [9.17, 15) is 0 Å². The maximum Gasteiger partial charge on any atom is 0.0324 e. The van der Waals surface area contributed by atoms with Crippen LogP contribution in [0.2, 0.25) is 0 Å². The average molecular weight is 196 g/mol. The van der Waals surface area contributed by atoms with E-state index < -0.39 is 0 Å². The number of fused-ring (bicyclic) bond motifs is 1. The quantitative estimate of drug-likeness (QED) is 0.646. The van der Waals surface area contributed by atoms with Crippen LogP contribution in [-0.4, -0.2) is 0 Å². The van der Waals surface area contributed by atoms with Crippen molar-refractivity contribution in [3.8, 4) is 0 Å². The summed E-state index contributed by atoms with van der Waals surface area (Å²) in [6.07, 6.45) is 1.10. The first-order chi connectivity index (χ1) is 7.06. The van der Waals surface area contributed by atoms with Crippen molar-refractivity contribution in [3.05, 3.63) is 48.0 Å². The molecule has 2 aromatic carbocycles. The molecular formula is C15H16. The molecule has 0 fully saturated rings. The standard InChI is InChI=1S/C15H16/c1-15(2,3)11-13-9-6-8-12-7-4-5-10-14(12)13/h5-6,8-10H,11H2,1-3H3. The summed E-state index contributed by atoms with van der Waals surface area (Å²) in [7, 11) is 0. The van der Waals surface area contributed by atoms with Crippen LogP contribution in [0.15, 0.2) is 30.3 Å². The summed E-state index contributed by atoms with van der Waals surface area (Å²) in [6.45, 7) is 6.81. The lowest BCUT2D eigenvalue weighted by atomic mass is 9.86. The summed E-state index contributed by atoms with van der Waals surface area (Å²) < 4.78 is 0. The number of hydrogen-bond donors (Lipinski definition) is 0. The third-order valence-corrected chi connectivity index (χ3v) is 2.46. The van der Waals surface area contributed by atoms with Gasteiger partial charge >= 0.3 is 0 Å². The van der Waals surface area contributed by atoms with Gasteiger partial charge in [0, 0.05) is 5.39 Å². The highest BCUT2D eigenvalue weighted by Crippen LogP contribution is 2.25. The molecule has 0 saturated carbocycles. The van der Waals surface area contributed by atoms with Crippen molar-refractivity contribution >= 4 is 10.8 Å². The van der Waals surface area contributed by atoms with Gasteiger partial charge in [-0.2, -0.15) is 0 Å². The van der Waals surface area contributed by atoms with Crippen LogP contribution in [-0.2, 0) is 6.42 Å². The second-order valence-corrected chi connectivity index (χ2v) is 5.22. The van der Waals surface area contributed by atoms with Gasteiger partial charge in [0.2, 0.25) is 0 Å². The summed E-state index contributed by atoms with van der Waals surface area (Å²) in [4.78, 5) is 0. The van der Waals surface area contributed by atoms with Crippen molar-refractivity contribution in [2.24, 2.45) is 5.41 Å². The van der Waals surface area contributed by atoms with E-state index in [1.54, 1.807) is 0 Å². The molecule has 0 heteroatoms. The van der Waals surface area contributed by atoms with Crippen LogP contribution in [0.3, 0.4) is 0 Å². The molecule has 0 nitrogen and oxygen atoms in total. The van der Waals surface area contributed by atoms with E-state index in [4.69, 9.17) is 0 Å². The second-order valence-electron chi connectivity index (χ2n) is 5.22.